The van der Waals surface area contributed by atoms with Crippen LogP contribution in [0, 0.1) is 0 Å². The van der Waals surface area contributed by atoms with Crippen LogP contribution in [0.1, 0.15) is 18.5 Å². The summed E-state index contributed by atoms with van der Waals surface area (Å²) in [6.07, 6.45) is 0. The van der Waals surface area contributed by atoms with Gasteiger partial charge in [0.25, 0.3) is 5.91 Å². The van der Waals surface area contributed by atoms with E-state index >= 15 is 0 Å². The van der Waals surface area contributed by atoms with Gasteiger partial charge in [0, 0.05) is 5.70 Å². The number of hydrogen-bond acceptors (Lipinski definition) is 5. The number of nitrogens with one attached hydrogen (secondary N) is 2. The molecule has 0 aromatic heterocycles. The molecule has 1 aliphatic rings. The number of methoxy groups -OCH3 is 1. The first-order valence-electron chi connectivity index (χ1n) is 6.80. The molecule has 8 heteroatoms. The molecule has 2 rings (SSSR count). The normalized spacial score (nSPS) is 17.1. The van der Waals surface area contributed by atoms with Crippen molar-refractivity contribution in [2.24, 2.45) is 5.73 Å². The fourth-order valence-corrected chi connectivity index (χ4v) is 2.51. The van der Waals surface area contributed by atoms with Crippen molar-refractivity contribution in [2.75, 3.05) is 13.7 Å². The maximum Gasteiger partial charge on any atom is 0.337 e. The van der Waals surface area contributed by atoms with Crippen molar-refractivity contribution in [2.45, 2.75) is 13.0 Å². The van der Waals surface area contributed by atoms with Gasteiger partial charge in [-0.2, -0.15) is 0 Å². The second kappa shape index (κ2) is 7.10. The number of amides is 1. The zero-order valence-electron chi connectivity index (χ0n) is 12.7. The third-order valence-corrected chi connectivity index (χ3v) is 3.49. The lowest BCUT2D eigenvalue weighted by molar-refractivity contribution is -0.136. The van der Waals surface area contributed by atoms with Crippen LogP contribution in [0.25, 0.3) is 0 Å². The fraction of sp³-hybridized carbons (Fsp3) is 0.267. The molecule has 1 aromatic carbocycles. The Morgan fingerprint density at radius 3 is 2.52 bits per heavy atom. The van der Waals surface area contributed by atoms with E-state index in [4.69, 9.17) is 27.4 Å². The van der Waals surface area contributed by atoms with Gasteiger partial charge in [-0.1, -0.05) is 12.1 Å². The van der Waals surface area contributed by atoms with Gasteiger partial charge in [-0.05, 0) is 36.8 Å². The Hall–Kier alpha value is -2.61. The minimum Gasteiger partial charge on any atom is -0.484 e. The smallest absolute Gasteiger partial charge is 0.337 e. The fourth-order valence-electron chi connectivity index (χ4n) is 2.24. The van der Waals surface area contributed by atoms with Crippen molar-refractivity contribution in [3.63, 3.8) is 0 Å². The SMILES string of the molecule is COC(=O)C1=C(C)NC(=S)N[C@H]1c1ccc(OCC(N)=O)cc1. The second-order valence-electron chi connectivity index (χ2n) is 4.89. The Morgan fingerprint density at radius 1 is 1.30 bits per heavy atom. The summed E-state index contributed by atoms with van der Waals surface area (Å²) in [5, 5.41) is 6.38. The minimum absolute atomic E-state index is 0.193. The summed E-state index contributed by atoms with van der Waals surface area (Å²) in [5.74, 6) is -0.487. The summed E-state index contributed by atoms with van der Waals surface area (Å²) < 4.78 is 10.1. The average Bonchev–Trinajstić information content (AvgIpc) is 2.52. The Kier molecular flexibility index (Phi) is 5.17. The van der Waals surface area contributed by atoms with E-state index in [1.165, 1.54) is 7.11 Å². The van der Waals surface area contributed by atoms with Gasteiger partial charge in [0.15, 0.2) is 11.7 Å². The van der Waals surface area contributed by atoms with Gasteiger partial charge in [0.2, 0.25) is 0 Å². The molecule has 7 nitrogen and oxygen atoms in total. The van der Waals surface area contributed by atoms with Crippen molar-refractivity contribution in [1.29, 1.82) is 0 Å². The van der Waals surface area contributed by atoms with Crippen LogP contribution in [0.3, 0.4) is 0 Å². The molecular formula is C15H17N3O4S. The number of ether oxygens (including phenoxy) is 2. The topological polar surface area (TPSA) is 103 Å². The molecule has 0 saturated carbocycles. The van der Waals surface area contributed by atoms with E-state index in [1.54, 1.807) is 31.2 Å². The largest absolute Gasteiger partial charge is 0.484 e. The first-order chi connectivity index (χ1) is 10.9. The van der Waals surface area contributed by atoms with Crippen LogP contribution in [0.15, 0.2) is 35.5 Å². The molecule has 122 valence electrons. The molecule has 0 spiro atoms. The summed E-state index contributed by atoms with van der Waals surface area (Å²) in [7, 11) is 1.33. The molecule has 23 heavy (non-hydrogen) atoms. The zero-order valence-corrected chi connectivity index (χ0v) is 13.5. The highest BCUT2D eigenvalue weighted by Crippen LogP contribution is 2.28. The maximum atomic E-state index is 12.0. The number of rotatable bonds is 5. The van der Waals surface area contributed by atoms with Crippen LogP contribution in [-0.2, 0) is 14.3 Å². The molecule has 4 N–H and O–H groups in total. The number of carbonyl (C=O) groups excluding carboxylic acids is 2. The van der Waals surface area contributed by atoms with Crippen LogP contribution in [0.4, 0.5) is 0 Å². The van der Waals surface area contributed by atoms with Crippen LogP contribution >= 0.6 is 12.2 Å². The van der Waals surface area contributed by atoms with Crippen molar-refractivity contribution in [3.8, 4) is 5.75 Å². The Morgan fingerprint density at radius 2 is 1.96 bits per heavy atom. The summed E-state index contributed by atoms with van der Waals surface area (Å²) in [4.78, 5) is 22.8. The van der Waals surface area contributed by atoms with Crippen LogP contribution in [-0.4, -0.2) is 30.7 Å². The first kappa shape index (κ1) is 16.8. The molecule has 1 amide bonds. The number of benzene rings is 1. The minimum atomic E-state index is -0.550. The van der Waals surface area contributed by atoms with E-state index in [1.807, 2.05) is 0 Å². The van der Waals surface area contributed by atoms with Crippen molar-refractivity contribution in [1.82, 2.24) is 10.6 Å². The molecule has 1 heterocycles. The summed E-state index contributed by atoms with van der Waals surface area (Å²) in [5.41, 5.74) is 6.93. The number of hydrogen-bond donors (Lipinski definition) is 3. The van der Waals surface area contributed by atoms with Crippen molar-refractivity contribution in [3.05, 3.63) is 41.1 Å². The van der Waals surface area contributed by atoms with E-state index < -0.39 is 17.9 Å². The number of nitrogens with two attached hydrogens (primary N) is 1. The molecule has 0 radical (unpaired) electrons. The number of carbonyl (C=O) groups is 2. The predicted molar refractivity (Wildman–Crippen MR) is 87.5 cm³/mol. The Labute approximate surface area is 138 Å². The zero-order chi connectivity index (χ0) is 17.0. The third-order valence-electron chi connectivity index (χ3n) is 3.27. The Bertz CT molecular complexity index is 670. The lowest BCUT2D eigenvalue weighted by Crippen LogP contribution is -2.45. The van der Waals surface area contributed by atoms with Crippen molar-refractivity contribution >= 4 is 29.2 Å². The third kappa shape index (κ3) is 3.98. The molecule has 0 bridgehead atoms. The highest BCUT2D eigenvalue weighted by molar-refractivity contribution is 7.80. The molecule has 0 saturated heterocycles. The summed E-state index contributed by atoms with van der Waals surface area (Å²) in [6, 6.07) is 6.50. The average molecular weight is 335 g/mol. The molecule has 1 aliphatic heterocycles. The lowest BCUT2D eigenvalue weighted by Gasteiger charge is -2.29. The van der Waals surface area contributed by atoms with Gasteiger partial charge < -0.3 is 25.8 Å². The lowest BCUT2D eigenvalue weighted by atomic mass is 9.95. The van der Waals surface area contributed by atoms with Gasteiger partial charge in [0.05, 0.1) is 18.7 Å². The monoisotopic (exact) mass is 335 g/mol. The number of thiocarbonyl (C=S) groups is 1. The van der Waals surface area contributed by atoms with Crippen LogP contribution in [0.2, 0.25) is 0 Å². The van der Waals surface area contributed by atoms with E-state index in [0.29, 0.717) is 22.1 Å². The van der Waals surface area contributed by atoms with E-state index in [2.05, 4.69) is 10.6 Å². The van der Waals surface area contributed by atoms with E-state index in [0.717, 1.165) is 5.56 Å². The summed E-state index contributed by atoms with van der Waals surface area (Å²) in [6.45, 7) is 1.57. The van der Waals surface area contributed by atoms with Gasteiger partial charge in [-0.3, -0.25) is 4.79 Å². The van der Waals surface area contributed by atoms with Crippen LogP contribution < -0.4 is 21.1 Å². The molecule has 0 fully saturated rings. The molecular weight excluding hydrogens is 318 g/mol. The van der Waals surface area contributed by atoms with Gasteiger partial charge in [0.1, 0.15) is 5.75 Å². The quantitative estimate of drug-likeness (QED) is 0.532. The maximum absolute atomic E-state index is 12.0. The van der Waals surface area contributed by atoms with E-state index in [9.17, 15) is 9.59 Å². The molecule has 0 aliphatic carbocycles. The number of allylic oxidation sites excluding steroid dienone is 1. The molecule has 0 unspecified atom stereocenters. The van der Waals surface area contributed by atoms with Gasteiger partial charge in [-0.25, -0.2) is 4.79 Å². The molecule has 1 atom stereocenters. The highest BCUT2D eigenvalue weighted by atomic mass is 32.1. The number of primary amides is 1. The second-order valence-corrected chi connectivity index (χ2v) is 5.29. The van der Waals surface area contributed by atoms with Gasteiger partial charge >= 0.3 is 5.97 Å². The highest BCUT2D eigenvalue weighted by Gasteiger charge is 2.30. The van der Waals surface area contributed by atoms with Gasteiger partial charge in [-0.15, -0.1) is 0 Å². The van der Waals surface area contributed by atoms with E-state index in [-0.39, 0.29) is 6.61 Å². The standard InChI is InChI=1S/C15H17N3O4S/c1-8-12(14(20)21-2)13(18-15(23)17-8)9-3-5-10(6-4-9)22-7-11(16)19/h3-6,13H,7H2,1-2H3,(H2,16,19)(H2,17,18,23)/t13-/m0/s1. The number of esters is 1. The summed E-state index contributed by atoms with van der Waals surface area (Å²) >= 11 is 5.15. The Balaban J connectivity index is 2.27. The first-order valence-corrected chi connectivity index (χ1v) is 7.21. The predicted octanol–water partition coefficient (Wildman–Crippen LogP) is 0.516. The van der Waals surface area contributed by atoms with Crippen molar-refractivity contribution < 1.29 is 19.1 Å². The van der Waals surface area contributed by atoms with Crippen LogP contribution in [0.5, 0.6) is 5.75 Å². The molecule has 1 aromatic rings.